The van der Waals surface area contributed by atoms with Crippen molar-refractivity contribution in [3.63, 3.8) is 0 Å². The molecule has 0 aliphatic rings. The molecule has 2 aromatic carbocycles. The number of alkyl halides is 3. The van der Waals surface area contributed by atoms with E-state index in [9.17, 15) is 22.8 Å². The number of carboxylic acids is 1. The van der Waals surface area contributed by atoms with Crippen LogP contribution in [0.15, 0.2) is 48.5 Å². The molecule has 32 heavy (non-hydrogen) atoms. The van der Waals surface area contributed by atoms with Gasteiger partial charge in [-0.3, -0.25) is 4.79 Å². The van der Waals surface area contributed by atoms with Gasteiger partial charge in [-0.1, -0.05) is 24.3 Å². The first-order valence-corrected chi connectivity index (χ1v) is 10.1. The van der Waals surface area contributed by atoms with Crippen molar-refractivity contribution in [1.82, 2.24) is 4.90 Å². The quantitative estimate of drug-likeness (QED) is 0.553. The number of ether oxygens (including phenoxy) is 2. The van der Waals surface area contributed by atoms with Gasteiger partial charge < -0.3 is 19.5 Å². The lowest BCUT2D eigenvalue weighted by molar-refractivity contribution is -0.150. The third kappa shape index (κ3) is 7.56. The van der Waals surface area contributed by atoms with E-state index in [-0.39, 0.29) is 25.5 Å². The van der Waals surface area contributed by atoms with Crippen molar-refractivity contribution >= 4 is 11.9 Å². The maximum absolute atomic E-state index is 12.7. The monoisotopic (exact) mass is 453 g/mol. The Bertz CT molecular complexity index is 882. The summed E-state index contributed by atoms with van der Waals surface area (Å²) in [4.78, 5) is 25.1. The summed E-state index contributed by atoms with van der Waals surface area (Å²) in [5.74, 6) is -0.903. The van der Waals surface area contributed by atoms with Gasteiger partial charge in [-0.25, -0.2) is 4.79 Å². The molecule has 0 bridgehead atoms. The van der Waals surface area contributed by atoms with Crippen LogP contribution in [0.1, 0.15) is 30.5 Å². The Morgan fingerprint density at radius 2 is 1.59 bits per heavy atom. The van der Waals surface area contributed by atoms with Crippen LogP contribution < -0.4 is 4.74 Å². The molecule has 0 aromatic heterocycles. The number of halogens is 3. The van der Waals surface area contributed by atoms with Gasteiger partial charge >= 0.3 is 12.1 Å². The normalized spacial score (nSPS) is 12.3. The third-order valence-electron chi connectivity index (χ3n) is 4.74. The van der Waals surface area contributed by atoms with Gasteiger partial charge in [0.2, 0.25) is 0 Å². The molecular formula is C23H26F3NO5. The van der Waals surface area contributed by atoms with Crippen molar-refractivity contribution in [2.45, 2.75) is 39.1 Å². The summed E-state index contributed by atoms with van der Waals surface area (Å²) in [6, 6.07) is 11.4. The molecule has 0 saturated carbocycles. The smallest absolute Gasteiger partial charge is 0.416 e. The summed E-state index contributed by atoms with van der Waals surface area (Å²) in [6.45, 7) is 4.10. The van der Waals surface area contributed by atoms with Crippen LogP contribution in [-0.2, 0) is 33.5 Å². The number of hydrogen-bond donors (Lipinski definition) is 1. The fourth-order valence-corrected chi connectivity index (χ4v) is 2.99. The van der Waals surface area contributed by atoms with E-state index in [1.54, 1.807) is 38.1 Å². The van der Waals surface area contributed by atoms with Crippen LogP contribution in [0.4, 0.5) is 13.2 Å². The van der Waals surface area contributed by atoms with Gasteiger partial charge in [-0.2, -0.15) is 13.2 Å². The highest BCUT2D eigenvalue weighted by Gasteiger charge is 2.30. The summed E-state index contributed by atoms with van der Waals surface area (Å²) in [5.41, 5.74) is 0.597. The number of amides is 1. The lowest BCUT2D eigenvalue weighted by Crippen LogP contribution is -2.34. The molecule has 1 unspecified atom stereocenters. The average Bonchev–Trinajstić information content (AvgIpc) is 2.76. The van der Waals surface area contributed by atoms with Gasteiger partial charge in [0.05, 0.1) is 5.56 Å². The molecule has 2 rings (SSSR count). The average molecular weight is 453 g/mol. The topological polar surface area (TPSA) is 76.1 Å². The summed E-state index contributed by atoms with van der Waals surface area (Å²) in [6.07, 6.45) is -5.13. The first-order chi connectivity index (χ1) is 15.1. The molecule has 0 aliphatic heterocycles. The minimum Gasteiger partial charge on any atom is -0.484 e. The van der Waals surface area contributed by atoms with Crippen LogP contribution in [0.2, 0.25) is 0 Å². The van der Waals surface area contributed by atoms with E-state index in [0.29, 0.717) is 24.5 Å². The minimum absolute atomic E-state index is 0.170. The van der Waals surface area contributed by atoms with E-state index >= 15 is 0 Å². The molecule has 1 amide bonds. The Morgan fingerprint density at radius 1 is 1.00 bits per heavy atom. The largest absolute Gasteiger partial charge is 0.484 e. The lowest BCUT2D eigenvalue weighted by atomic mass is 10.1. The number of hydrogen-bond acceptors (Lipinski definition) is 4. The van der Waals surface area contributed by atoms with Crippen LogP contribution in [0.3, 0.4) is 0 Å². The summed E-state index contributed by atoms with van der Waals surface area (Å²) in [5, 5.41) is 9.15. The number of nitrogens with zero attached hydrogens (tertiary/aromatic N) is 1. The summed E-state index contributed by atoms with van der Waals surface area (Å²) < 4.78 is 48.8. The summed E-state index contributed by atoms with van der Waals surface area (Å²) in [7, 11) is 0. The number of carboxylic acid groups (broad SMARTS) is 1. The van der Waals surface area contributed by atoms with Crippen molar-refractivity contribution in [3.8, 4) is 5.75 Å². The molecule has 0 spiro atoms. The van der Waals surface area contributed by atoms with Crippen molar-refractivity contribution < 1.29 is 37.3 Å². The predicted molar refractivity (Wildman–Crippen MR) is 111 cm³/mol. The van der Waals surface area contributed by atoms with E-state index in [0.717, 1.165) is 17.7 Å². The van der Waals surface area contributed by atoms with E-state index < -0.39 is 23.8 Å². The van der Waals surface area contributed by atoms with Crippen LogP contribution in [0.5, 0.6) is 5.75 Å². The van der Waals surface area contributed by atoms with E-state index in [4.69, 9.17) is 14.6 Å². The van der Waals surface area contributed by atoms with E-state index in [2.05, 4.69) is 0 Å². The van der Waals surface area contributed by atoms with Crippen LogP contribution in [-0.4, -0.2) is 47.7 Å². The number of rotatable bonds is 11. The molecule has 0 fully saturated rings. The zero-order valence-electron chi connectivity index (χ0n) is 17.9. The highest BCUT2D eigenvalue weighted by Crippen LogP contribution is 2.29. The maximum atomic E-state index is 12.7. The third-order valence-corrected chi connectivity index (χ3v) is 4.74. The molecule has 174 valence electrons. The van der Waals surface area contributed by atoms with Gasteiger partial charge in [0.1, 0.15) is 5.75 Å². The van der Waals surface area contributed by atoms with Gasteiger partial charge in [0, 0.05) is 26.1 Å². The van der Waals surface area contributed by atoms with Crippen molar-refractivity contribution in [3.05, 3.63) is 65.2 Å². The molecule has 0 radical (unpaired) electrons. The zero-order chi connectivity index (χ0) is 23.7. The van der Waals surface area contributed by atoms with Crippen molar-refractivity contribution in [2.24, 2.45) is 0 Å². The predicted octanol–water partition coefficient (Wildman–Crippen LogP) is 4.17. The first-order valence-electron chi connectivity index (χ1n) is 10.1. The SMILES string of the molecule is CCOC(Cc1ccc(OCC(=O)N(CC)Cc2ccc(C(F)(F)F)cc2)cc1)C(=O)O. The number of carbonyl (C=O) groups is 2. The molecule has 0 heterocycles. The maximum Gasteiger partial charge on any atom is 0.416 e. The molecule has 9 heteroatoms. The Kier molecular flexibility index (Phi) is 9.07. The second kappa shape index (κ2) is 11.5. The standard InChI is InChI=1S/C23H26F3NO5/c1-3-27(14-17-5-9-18(10-6-17)23(24,25)26)21(28)15-32-19-11-7-16(8-12-19)13-20(22(29)30)31-4-2/h5-12,20H,3-4,13-15H2,1-2H3,(H,29,30). The molecular weight excluding hydrogens is 427 g/mol. The highest BCUT2D eigenvalue weighted by molar-refractivity contribution is 5.77. The molecule has 2 aromatic rings. The molecule has 0 saturated heterocycles. The minimum atomic E-state index is -4.40. The second-order valence-electron chi connectivity index (χ2n) is 7.02. The number of aliphatic carboxylic acids is 1. The Balaban J connectivity index is 1.90. The highest BCUT2D eigenvalue weighted by atomic mass is 19.4. The first kappa shape index (κ1) is 25.2. The van der Waals surface area contributed by atoms with Crippen molar-refractivity contribution in [2.75, 3.05) is 19.8 Å². The van der Waals surface area contributed by atoms with Crippen molar-refractivity contribution in [1.29, 1.82) is 0 Å². The van der Waals surface area contributed by atoms with E-state index in [1.165, 1.54) is 17.0 Å². The van der Waals surface area contributed by atoms with Gasteiger partial charge in [0.25, 0.3) is 5.91 Å². The molecule has 1 atom stereocenters. The van der Waals surface area contributed by atoms with Gasteiger partial charge in [-0.05, 0) is 49.2 Å². The molecule has 6 nitrogen and oxygen atoms in total. The number of benzene rings is 2. The summed E-state index contributed by atoms with van der Waals surface area (Å²) >= 11 is 0. The second-order valence-corrected chi connectivity index (χ2v) is 7.02. The fourth-order valence-electron chi connectivity index (χ4n) is 2.99. The van der Waals surface area contributed by atoms with Crippen LogP contribution in [0, 0.1) is 0 Å². The zero-order valence-corrected chi connectivity index (χ0v) is 17.9. The van der Waals surface area contributed by atoms with E-state index in [1.807, 2.05) is 0 Å². The van der Waals surface area contributed by atoms with Crippen LogP contribution in [0.25, 0.3) is 0 Å². The van der Waals surface area contributed by atoms with Gasteiger partial charge in [-0.15, -0.1) is 0 Å². The molecule has 0 aliphatic carbocycles. The Morgan fingerprint density at radius 3 is 2.09 bits per heavy atom. The Hall–Kier alpha value is -3.07. The molecule has 1 N–H and O–H groups in total. The fraction of sp³-hybridized carbons (Fsp3) is 0.391. The van der Waals surface area contributed by atoms with Gasteiger partial charge in [0.15, 0.2) is 12.7 Å². The van der Waals surface area contributed by atoms with Crippen LogP contribution >= 0.6 is 0 Å². The Labute approximate surface area is 184 Å². The number of carbonyl (C=O) groups excluding carboxylic acids is 1. The lowest BCUT2D eigenvalue weighted by Gasteiger charge is -2.21. The number of likely N-dealkylation sites (N-methyl/N-ethyl adjacent to an activating group) is 1.